The third-order valence-corrected chi connectivity index (χ3v) is 4.39. The number of aryl methyl sites for hydroxylation is 1. The van der Waals surface area contributed by atoms with E-state index in [9.17, 15) is 4.79 Å². The molecule has 3 heteroatoms. The van der Waals surface area contributed by atoms with Gasteiger partial charge in [0.05, 0.1) is 10.6 Å². The average molecular weight is 301 g/mol. The van der Waals surface area contributed by atoms with E-state index in [4.69, 9.17) is 16.3 Å². The van der Waals surface area contributed by atoms with Crippen LogP contribution < -0.4 is 4.74 Å². The second-order valence-corrected chi connectivity index (χ2v) is 5.81. The van der Waals surface area contributed by atoms with Crippen molar-refractivity contribution in [2.75, 3.05) is 0 Å². The number of ether oxygens (including phenoxy) is 1. The Morgan fingerprint density at radius 2 is 1.86 bits per heavy atom. The van der Waals surface area contributed by atoms with Gasteiger partial charge >= 0.3 is 5.97 Å². The second kappa shape index (κ2) is 5.90. The van der Waals surface area contributed by atoms with Gasteiger partial charge in [0.25, 0.3) is 0 Å². The molecule has 0 N–H and O–H groups in total. The van der Waals surface area contributed by atoms with Crippen molar-refractivity contribution in [1.82, 2.24) is 0 Å². The van der Waals surface area contributed by atoms with Gasteiger partial charge in [-0.25, -0.2) is 4.79 Å². The van der Waals surface area contributed by atoms with E-state index in [0.717, 1.165) is 18.4 Å². The Kier molecular flexibility index (Phi) is 3.98. The van der Waals surface area contributed by atoms with E-state index in [2.05, 4.69) is 6.07 Å². The van der Waals surface area contributed by atoms with Gasteiger partial charge in [-0.15, -0.1) is 0 Å². The van der Waals surface area contributed by atoms with Gasteiger partial charge < -0.3 is 4.74 Å². The number of halogens is 1. The average Bonchev–Trinajstić information content (AvgIpc) is 2.51. The smallest absolute Gasteiger partial charge is 0.345 e. The van der Waals surface area contributed by atoms with E-state index < -0.39 is 5.97 Å². The number of carbonyl (C=O) groups is 1. The Labute approximate surface area is 129 Å². The molecule has 108 valence electrons. The maximum Gasteiger partial charge on any atom is 0.345 e. The minimum atomic E-state index is -0.403. The summed E-state index contributed by atoms with van der Waals surface area (Å²) < 4.78 is 5.55. The second-order valence-electron chi connectivity index (χ2n) is 5.40. The molecule has 0 spiro atoms. The fourth-order valence-corrected chi connectivity index (χ4v) is 3.10. The molecule has 21 heavy (non-hydrogen) atoms. The van der Waals surface area contributed by atoms with Crippen molar-refractivity contribution in [1.29, 1.82) is 0 Å². The van der Waals surface area contributed by atoms with Gasteiger partial charge in [-0.2, -0.15) is 0 Å². The fraction of sp³-hybridized carbons (Fsp3) is 0.278. The normalized spacial score (nSPS) is 13.6. The summed E-state index contributed by atoms with van der Waals surface area (Å²) in [6.45, 7) is 2.03. The van der Waals surface area contributed by atoms with Gasteiger partial charge in [-0.3, -0.25) is 0 Å². The lowest BCUT2D eigenvalue weighted by atomic mass is 9.88. The van der Waals surface area contributed by atoms with Crippen LogP contribution in [0, 0.1) is 6.92 Å². The molecule has 1 aliphatic carbocycles. The predicted octanol–water partition coefficient (Wildman–Crippen LogP) is 4.75. The quantitative estimate of drug-likeness (QED) is 0.591. The van der Waals surface area contributed by atoms with Crippen molar-refractivity contribution in [3.63, 3.8) is 0 Å². The van der Waals surface area contributed by atoms with Crippen LogP contribution in [-0.4, -0.2) is 5.97 Å². The molecule has 0 unspecified atom stereocenters. The van der Waals surface area contributed by atoms with Crippen molar-refractivity contribution in [2.24, 2.45) is 0 Å². The van der Waals surface area contributed by atoms with E-state index in [1.165, 1.54) is 24.0 Å². The monoisotopic (exact) mass is 300 g/mol. The molecule has 0 fully saturated rings. The third-order valence-electron chi connectivity index (χ3n) is 4.07. The van der Waals surface area contributed by atoms with Gasteiger partial charge in [0.1, 0.15) is 5.75 Å². The van der Waals surface area contributed by atoms with Crippen LogP contribution in [-0.2, 0) is 12.8 Å². The maximum atomic E-state index is 12.2. The molecule has 2 aromatic carbocycles. The van der Waals surface area contributed by atoms with E-state index in [0.29, 0.717) is 16.3 Å². The summed E-state index contributed by atoms with van der Waals surface area (Å²) in [5.41, 5.74) is 4.20. The largest absolute Gasteiger partial charge is 0.423 e. The molecule has 0 heterocycles. The fourth-order valence-electron chi connectivity index (χ4n) is 2.88. The first kappa shape index (κ1) is 14.2. The first-order valence-corrected chi connectivity index (χ1v) is 7.62. The lowest BCUT2D eigenvalue weighted by Gasteiger charge is -2.20. The number of carbonyl (C=O) groups excluding carboxylic acids is 1. The Bertz CT molecular complexity index is 692. The van der Waals surface area contributed by atoms with Gasteiger partial charge in [0.15, 0.2) is 0 Å². The molecular formula is C18H17ClO2. The van der Waals surface area contributed by atoms with Gasteiger partial charge in [-0.1, -0.05) is 29.8 Å². The van der Waals surface area contributed by atoms with E-state index in [-0.39, 0.29) is 0 Å². The summed E-state index contributed by atoms with van der Waals surface area (Å²) in [5.74, 6) is 0.236. The van der Waals surface area contributed by atoms with Gasteiger partial charge in [0.2, 0.25) is 0 Å². The van der Waals surface area contributed by atoms with Crippen molar-refractivity contribution < 1.29 is 9.53 Å². The summed E-state index contributed by atoms with van der Waals surface area (Å²) in [7, 11) is 0. The van der Waals surface area contributed by atoms with Crippen LogP contribution in [0.3, 0.4) is 0 Å². The highest BCUT2D eigenvalue weighted by atomic mass is 35.5. The SMILES string of the molecule is Cc1c(OC(=O)c2ccccc2Cl)ccc2c1CCCC2. The van der Waals surface area contributed by atoms with Crippen molar-refractivity contribution in [3.8, 4) is 5.75 Å². The summed E-state index contributed by atoms with van der Waals surface area (Å²) in [6, 6.07) is 10.9. The highest BCUT2D eigenvalue weighted by Crippen LogP contribution is 2.31. The van der Waals surface area contributed by atoms with Crippen LogP contribution in [0.2, 0.25) is 5.02 Å². The predicted molar refractivity (Wildman–Crippen MR) is 84.2 cm³/mol. The van der Waals surface area contributed by atoms with Crippen LogP contribution in [0.1, 0.15) is 39.9 Å². The maximum absolute atomic E-state index is 12.2. The first-order chi connectivity index (χ1) is 10.2. The Balaban J connectivity index is 1.89. The molecule has 0 saturated carbocycles. The standard InChI is InChI=1S/C18H17ClO2/c1-12-14-7-3-2-6-13(14)10-11-17(12)21-18(20)15-8-4-5-9-16(15)19/h4-5,8-11H,2-3,6-7H2,1H3. The summed E-state index contributed by atoms with van der Waals surface area (Å²) in [4.78, 5) is 12.2. The number of benzene rings is 2. The molecule has 0 atom stereocenters. The topological polar surface area (TPSA) is 26.3 Å². The molecule has 3 rings (SSSR count). The molecule has 0 aromatic heterocycles. The molecule has 1 aliphatic rings. The van der Waals surface area contributed by atoms with Crippen molar-refractivity contribution in [2.45, 2.75) is 32.6 Å². The van der Waals surface area contributed by atoms with Gasteiger partial charge in [0, 0.05) is 0 Å². The molecule has 0 aliphatic heterocycles. The Morgan fingerprint density at radius 3 is 2.67 bits per heavy atom. The molecule has 0 radical (unpaired) electrons. The first-order valence-electron chi connectivity index (χ1n) is 7.25. The summed E-state index contributed by atoms with van der Waals surface area (Å²) >= 11 is 6.04. The highest BCUT2D eigenvalue weighted by molar-refractivity contribution is 6.33. The van der Waals surface area contributed by atoms with Gasteiger partial charge in [-0.05, 0) is 67.5 Å². The van der Waals surface area contributed by atoms with Crippen molar-refractivity contribution >= 4 is 17.6 Å². The third kappa shape index (κ3) is 2.81. The summed E-state index contributed by atoms with van der Waals surface area (Å²) in [5, 5.41) is 0.415. The van der Waals surface area contributed by atoms with E-state index in [1.54, 1.807) is 24.3 Å². The molecule has 0 bridgehead atoms. The van der Waals surface area contributed by atoms with Crippen LogP contribution in [0.4, 0.5) is 0 Å². The summed E-state index contributed by atoms with van der Waals surface area (Å²) in [6.07, 6.45) is 4.63. The molecule has 0 amide bonds. The van der Waals surface area contributed by atoms with Crippen molar-refractivity contribution in [3.05, 3.63) is 63.7 Å². The van der Waals surface area contributed by atoms with E-state index in [1.807, 2.05) is 13.0 Å². The Morgan fingerprint density at radius 1 is 1.10 bits per heavy atom. The van der Waals surface area contributed by atoms with Crippen LogP contribution in [0.15, 0.2) is 36.4 Å². The number of rotatable bonds is 2. The molecule has 2 nitrogen and oxygen atoms in total. The minimum absolute atomic E-state index is 0.399. The van der Waals surface area contributed by atoms with E-state index >= 15 is 0 Å². The van der Waals surface area contributed by atoms with Crippen LogP contribution in [0.5, 0.6) is 5.75 Å². The lowest BCUT2D eigenvalue weighted by molar-refractivity contribution is 0.0733. The zero-order chi connectivity index (χ0) is 14.8. The molecule has 2 aromatic rings. The lowest BCUT2D eigenvalue weighted by Crippen LogP contribution is -2.12. The zero-order valence-electron chi connectivity index (χ0n) is 12.0. The van der Waals surface area contributed by atoms with Crippen LogP contribution in [0.25, 0.3) is 0 Å². The number of hydrogen-bond acceptors (Lipinski definition) is 2. The van der Waals surface area contributed by atoms with Crippen LogP contribution >= 0.6 is 11.6 Å². The number of esters is 1. The number of hydrogen-bond donors (Lipinski definition) is 0. The highest BCUT2D eigenvalue weighted by Gasteiger charge is 2.18. The molecular weight excluding hydrogens is 284 g/mol. The Hall–Kier alpha value is -1.80. The zero-order valence-corrected chi connectivity index (χ0v) is 12.7. The molecule has 0 saturated heterocycles. The minimum Gasteiger partial charge on any atom is -0.423 e. The number of fused-ring (bicyclic) bond motifs is 1.